The highest BCUT2D eigenvalue weighted by Crippen LogP contribution is 2.22. The highest BCUT2D eigenvalue weighted by molar-refractivity contribution is 7.89. The van der Waals surface area contributed by atoms with Crippen LogP contribution in [0.1, 0.15) is 13.3 Å². The van der Waals surface area contributed by atoms with Crippen LogP contribution in [0.2, 0.25) is 0 Å². The maximum atomic E-state index is 12.4. The quantitative estimate of drug-likeness (QED) is 0.804. The van der Waals surface area contributed by atoms with E-state index in [-0.39, 0.29) is 17.9 Å². The third-order valence-electron chi connectivity index (χ3n) is 2.98. The Balaban J connectivity index is 2.37. The maximum absolute atomic E-state index is 12.4. The van der Waals surface area contributed by atoms with Crippen molar-refractivity contribution in [2.75, 3.05) is 6.54 Å². The number of rotatable bonds is 4. The molecule has 1 unspecified atom stereocenters. The van der Waals surface area contributed by atoms with Crippen molar-refractivity contribution in [3.05, 3.63) is 24.5 Å². The van der Waals surface area contributed by atoms with Crippen LogP contribution in [-0.2, 0) is 21.4 Å². The van der Waals surface area contributed by atoms with Gasteiger partial charge in [-0.1, -0.05) is 12.2 Å². The van der Waals surface area contributed by atoms with Crippen LogP contribution in [0, 0.1) is 0 Å². The van der Waals surface area contributed by atoms with Crippen molar-refractivity contribution in [3.8, 4) is 0 Å². The van der Waals surface area contributed by atoms with Gasteiger partial charge in [0.15, 0.2) is 0 Å². The molecule has 104 valence electrons. The van der Waals surface area contributed by atoms with Crippen molar-refractivity contribution >= 4 is 16.0 Å². The fourth-order valence-corrected chi connectivity index (χ4v) is 3.42. The van der Waals surface area contributed by atoms with Gasteiger partial charge in [0, 0.05) is 19.3 Å². The lowest BCUT2D eigenvalue weighted by atomic mass is 10.1. The van der Waals surface area contributed by atoms with Gasteiger partial charge in [-0.15, -0.1) is 0 Å². The van der Waals surface area contributed by atoms with Gasteiger partial charge < -0.3 is 5.11 Å². The number of hydrogen-bond donors (Lipinski definition) is 1. The molecule has 0 amide bonds. The van der Waals surface area contributed by atoms with Crippen molar-refractivity contribution < 1.29 is 18.3 Å². The Morgan fingerprint density at radius 3 is 2.84 bits per heavy atom. The van der Waals surface area contributed by atoms with E-state index in [4.69, 9.17) is 5.11 Å². The third-order valence-corrected chi connectivity index (χ3v) is 4.81. The molecule has 2 heterocycles. The normalized spacial score (nSPS) is 20.6. The number of carboxylic acids is 1. The number of aromatic nitrogens is 2. The Hall–Kier alpha value is -1.67. The van der Waals surface area contributed by atoms with Gasteiger partial charge in [-0.25, -0.2) is 8.42 Å². The summed E-state index contributed by atoms with van der Waals surface area (Å²) >= 11 is 0. The number of hydrogen-bond acceptors (Lipinski definition) is 4. The topological polar surface area (TPSA) is 92.5 Å². The Bertz CT molecular complexity index is 605. The average Bonchev–Trinajstić information content (AvgIpc) is 2.88. The lowest BCUT2D eigenvalue weighted by Crippen LogP contribution is -2.46. The van der Waals surface area contributed by atoms with Crippen molar-refractivity contribution in [2.45, 2.75) is 30.8 Å². The van der Waals surface area contributed by atoms with E-state index in [1.165, 1.54) is 17.1 Å². The highest BCUT2D eigenvalue weighted by Gasteiger charge is 2.36. The first-order chi connectivity index (χ1) is 8.96. The summed E-state index contributed by atoms with van der Waals surface area (Å²) in [5.41, 5.74) is 0. The molecule has 0 saturated heterocycles. The molecule has 1 aromatic heterocycles. The molecule has 0 saturated carbocycles. The van der Waals surface area contributed by atoms with Crippen LogP contribution in [0.3, 0.4) is 0 Å². The summed E-state index contributed by atoms with van der Waals surface area (Å²) in [6, 6.07) is -1.06. The second kappa shape index (κ2) is 5.14. The zero-order valence-corrected chi connectivity index (χ0v) is 11.2. The minimum atomic E-state index is -3.83. The number of nitrogens with zero attached hydrogens (tertiary/aromatic N) is 3. The molecular formula is C11H15N3O4S. The van der Waals surface area contributed by atoms with Crippen LogP contribution < -0.4 is 0 Å². The second-order valence-electron chi connectivity index (χ2n) is 4.17. The van der Waals surface area contributed by atoms with Crippen molar-refractivity contribution in [1.29, 1.82) is 0 Å². The molecule has 1 aromatic rings. The van der Waals surface area contributed by atoms with Crippen molar-refractivity contribution in [1.82, 2.24) is 14.1 Å². The molecule has 1 aliphatic heterocycles. The predicted molar refractivity (Wildman–Crippen MR) is 67.0 cm³/mol. The first-order valence-corrected chi connectivity index (χ1v) is 7.33. The molecule has 19 heavy (non-hydrogen) atoms. The first-order valence-electron chi connectivity index (χ1n) is 5.89. The summed E-state index contributed by atoms with van der Waals surface area (Å²) in [6.07, 6.45) is 6.17. The van der Waals surface area contributed by atoms with E-state index in [2.05, 4.69) is 5.10 Å². The molecule has 0 spiro atoms. The van der Waals surface area contributed by atoms with Gasteiger partial charge in [-0.2, -0.15) is 9.40 Å². The Labute approximate surface area is 111 Å². The summed E-state index contributed by atoms with van der Waals surface area (Å²) in [7, 11) is -3.83. The molecule has 1 aliphatic rings. The van der Waals surface area contributed by atoms with E-state index >= 15 is 0 Å². The lowest BCUT2D eigenvalue weighted by molar-refractivity contribution is -0.141. The average molecular weight is 285 g/mol. The summed E-state index contributed by atoms with van der Waals surface area (Å²) in [5, 5.41) is 13.0. The van der Waals surface area contributed by atoms with Gasteiger partial charge in [0.25, 0.3) is 0 Å². The van der Waals surface area contributed by atoms with Crippen LogP contribution in [0.5, 0.6) is 0 Å². The van der Waals surface area contributed by atoms with Gasteiger partial charge in [0.2, 0.25) is 10.0 Å². The van der Waals surface area contributed by atoms with Gasteiger partial charge in [0.05, 0.1) is 6.20 Å². The Kier molecular flexibility index (Phi) is 3.72. The molecule has 0 fully saturated rings. The SMILES string of the molecule is CCn1cc(S(=O)(=O)N2CC=CCC2C(=O)O)cn1. The van der Waals surface area contributed by atoms with Gasteiger partial charge in [-0.05, 0) is 13.3 Å². The fourth-order valence-electron chi connectivity index (χ4n) is 1.92. The van der Waals surface area contributed by atoms with E-state index in [9.17, 15) is 13.2 Å². The smallest absolute Gasteiger partial charge is 0.322 e. The van der Waals surface area contributed by atoms with Crippen LogP contribution in [0.4, 0.5) is 0 Å². The van der Waals surface area contributed by atoms with Crippen molar-refractivity contribution in [2.24, 2.45) is 0 Å². The molecular weight excluding hydrogens is 270 g/mol. The highest BCUT2D eigenvalue weighted by atomic mass is 32.2. The minimum absolute atomic E-state index is 0.0240. The van der Waals surface area contributed by atoms with E-state index in [0.29, 0.717) is 6.54 Å². The largest absolute Gasteiger partial charge is 0.480 e. The molecule has 0 radical (unpaired) electrons. The van der Waals surface area contributed by atoms with E-state index in [1.807, 2.05) is 6.92 Å². The third kappa shape index (κ3) is 2.54. The molecule has 2 rings (SSSR count). The van der Waals surface area contributed by atoms with Gasteiger partial charge in [0.1, 0.15) is 10.9 Å². The molecule has 1 N–H and O–H groups in total. The Morgan fingerprint density at radius 2 is 2.26 bits per heavy atom. The fraction of sp³-hybridized carbons (Fsp3) is 0.455. The number of aliphatic carboxylic acids is 1. The van der Waals surface area contributed by atoms with Crippen LogP contribution in [-0.4, -0.2) is 46.2 Å². The monoisotopic (exact) mass is 285 g/mol. The second-order valence-corrected chi connectivity index (χ2v) is 6.06. The zero-order chi connectivity index (χ0) is 14.0. The summed E-state index contributed by atoms with van der Waals surface area (Å²) < 4.78 is 27.3. The molecule has 0 aliphatic carbocycles. The predicted octanol–water partition coefficient (Wildman–Crippen LogP) is 0.307. The van der Waals surface area contributed by atoms with E-state index in [0.717, 1.165) is 4.31 Å². The number of carboxylic acid groups (broad SMARTS) is 1. The van der Waals surface area contributed by atoms with E-state index in [1.54, 1.807) is 12.2 Å². The Morgan fingerprint density at radius 1 is 1.53 bits per heavy atom. The van der Waals surface area contributed by atoms with Crippen LogP contribution >= 0.6 is 0 Å². The van der Waals surface area contributed by atoms with Gasteiger partial charge in [-0.3, -0.25) is 9.48 Å². The summed E-state index contributed by atoms with van der Waals surface area (Å²) in [6.45, 7) is 2.46. The lowest BCUT2D eigenvalue weighted by Gasteiger charge is -2.28. The molecule has 0 aromatic carbocycles. The molecule has 1 atom stereocenters. The summed E-state index contributed by atoms with van der Waals surface area (Å²) in [4.78, 5) is 11.2. The molecule has 0 bridgehead atoms. The summed E-state index contributed by atoms with van der Waals surface area (Å²) in [5.74, 6) is -1.14. The molecule has 8 heteroatoms. The van der Waals surface area contributed by atoms with Gasteiger partial charge >= 0.3 is 5.97 Å². The minimum Gasteiger partial charge on any atom is -0.480 e. The molecule has 7 nitrogen and oxygen atoms in total. The van der Waals surface area contributed by atoms with Crippen molar-refractivity contribution in [3.63, 3.8) is 0 Å². The number of aryl methyl sites for hydroxylation is 1. The van der Waals surface area contributed by atoms with Crippen LogP contribution in [0.25, 0.3) is 0 Å². The number of sulfonamides is 1. The van der Waals surface area contributed by atoms with E-state index < -0.39 is 22.0 Å². The number of carbonyl (C=O) groups is 1. The van der Waals surface area contributed by atoms with Crippen LogP contribution in [0.15, 0.2) is 29.4 Å². The zero-order valence-electron chi connectivity index (χ0n) is 10.4. The maximum Gasteiger partial charge on any atom is 0.322 e. The first kappa shape index (κ1) is 13.8. The standard InChI is InChI=1S/C11H15N3O4S/c1-2-13-8-9(7-12-13)19(17,18)14-6-4-3-5-10(14)11(15)16/h3-4,7-8,10H,2,5-6H2,1H3,(H,15,16).